The molecule has 0 aliphatic heterocycles. The standard InChI is InChI=1S/C11H20N2O4S/c1-4-13(5-2)9(14)6-12(3)10(15)7-18-8-11(16)17/h4-8H2,1-3H3,(H,16,17). The maximum absolute atomic E-state index is 11.7. The fraction of sp³-hybridized carbons (Fsp3) is 0.727. The molecule has 0 aliphatic rings. The van der Waals surface area contributed by atoms with E-state index >= 15 is 0 Å². The number of likely N-dealkylation sites (N-methyl/N-ethyl adjacent to an activating group) is 2. The molecule has 0 bridgehead atoms. The summed E-state index contributed by atoms with van der Waals surface area (Å²) in [5.74, 6) is -1.31. The van der Waals surface area contributed by atoms with E-state index in [1.165, 1.54) is 4.90 Å². The Bertz CT molecular complexity index is 305. The van der Waals surface area contributed by atoms with Gasteiger partial charge in [-0.2, -0.15) is 0 Å². The number of rotatable bonds is 8. The molecule has 0 saturated carbocycles. The topological polar surface area (TPSA) is 77.9 Å². The summed E-state index contributed by atoms with van der Waals surface area (Å²) in [6.45, 7) is 5.03. The number of carboxylic acid groups (broad SMARTS) is 1. The number of thioether (sulfide) groups is 1. The van der Waals surface area contributed by atoms with Crippen LogP contribution in [0.2, 0.25) is 0 Å². The Labute approximate surface area is 111 Å². The minimum atomic E-state index is -0.949. The van der Waals surface area contributed by atoms with Crippen LogP contribution >= 0.6 is 11.8 Å². The van der Waals surface area contributed by atoms with Gasteiger partial charge in [0.15, 0.2) is 0 Å². The lowest BCUT2D eigenvalue weighted by Gasteiger charge is -2.23. The van der Waals surface area contributed by atoms with E-state index in [1.54, 1.807) is 11.9 Å². The highest BCUT2D eigenvalue weighted by Gasteiger charge is 2.16. The third-order valence-corrected chi connectivity index (χ3v) is 3.27. The number of hydrogen-bond acceptors (Lipinski definition) is 4. The van der Waals surface area contributed by atoms with Crippen LogP contribution in [-0.4, -0.2) is 70.9 Å². The zero-order chi connectivity index (χ0) is 14.1. The molecule has 0 aromatic carbocycles. The van der Waals surface area contributed by atoms with Gasteiger partial charge in [-0.3, -0.25) is 14.4 Å². The van der Waals surface area contributed by atoms with Gasteiger partial charge in [-0.05, 0) is 13.8 Å². The maximum Gasteiger partial charge on any atom is 0.313 e. The molecule has 0 fully saturated rings. The van der Waals surface area contributed by atoms with Gasteiger partial charge in [0.1, 0.15) is 0 Å². The second kappa shape index (κ2) is 8.79. The fourth-order valence-corrected chi connectivity index (χ4v) is 1.97. The normalized spacial score (nSPS) is 9.94. The molecular weight excluding hydrogens is 256 g/mol. The first-order valence-electron chi connectivity index (χ1n) is 5.73. The van der Waals surface area contributed by atoms with Crippen molar-refractivity contribution in [2.75, 3.05) is 38.2 Å². The molecule has 0 spiro atoms. The quantitative estimate of drug-likeness (QED) is 0.682. The van der Waals surface area contributed by atoms with Crippen molar-refractivity contribution in [3.63, 3.8) is 0 Å². The van der Waals surface area contributed by atoms with Gasteiger partial charge in [0, 0.05) is 20.1 Å². The number of nitrogens with zero attached hydrogens (tertiary/aromatic N) is 2. The highest BCUT2D eigenvalue weighted by Crippen LogP contribution is 2.02. The second-order valence-electron chi connectivity index (χ2n) is 3.70. The van der Waals surface area contributed by atoms with Gasteiger partial charge in [-0.1, -0.05) is 0 Å². The molecular formula is C11H20N2O4S. The van der Waals surface area contributed by atoms with E-state index in [4.69, 9.17) is 5.11 Å². The Morgan fingerprint density at radius 1 is 1.06 bits per heavy atom. The van der Waals surface area contributed by atoms with Crippen molar-refractivity contribution in [3.05, 3.63) is 0 Å². The van der Waals surface area contributed by atoms with Crippen molar-refractivity contribution in [3.8, 4) is 0 Å². The van der Waals surface area contributed by atoms with Crippen LogP contribution in [0.3, 0.4) is 0 Å². The van der Waals surface area contributed by atoms with E-state index in [0.29, 0.717) is 13.1 Å². The molecule has 7 heteroatoms. The maximum atomic E-state index is 11.7. The summed E-state index contributed by atoms with van der Waals surface area (Å²) < 4.78 is 0. The highest BCUT2D eigenvalue weighted by atomic mass is 32.2. The predicted molar refractivity (Wildman–Crippen MR) is 70.5 cm³/mol. The molecule has 6 nitrogen and oxygen atoms in total. The molecule has 104 valence electrons. The molecule has 0 rings (SSSR count). The van der Waals surface area contributed by atoms with E-state index in [0.717, 1.165) is 11.8 Å². The molecule has 0 aromatic rings. The predicted octanol–water partition coefficient (Wildman–Crippen LogP) is 0.131. The number of amides is 2. The number of carboxylic acids is 1. The van der Waals surface area contributed by atoms with Crippen molar-refractivity contribution in [2.24, 2.45) is 0 Å². The molecule has 0 unspecified atom stereocenters. The van der Waals surface area contributed by atoms with Crippen LogP contribution in [0.4, 0.5) is 0 Å². The van der Waals surface area contributed by atoms with Crippen molar-refractivity contribution >= 4 is 29.5 Å². The lowest BCUT2D eigenvalue weighted by Crippen LogP contribution is -2.41. The summed E-state index contributed by atoms with van der Waals surface area (Å²) in [6.07, 6.45) is 0. The summed E-state index contributed by atoms with van der Waals surface area (Å²) in [7, 11) is 1.55. The lowest BCUT2D eigenvalue weighted by molar-refractivity contribution is -0.137. The van der Waals surface area contributed by atoms with E-state index in [1.807, 2.05) is 13.8 Å². The number of carbonyl (C=O) groups excluding carboxylic acids is 2. The number of aliphatic carboxylic acids is 1. The van der Waals surface area contributed by atoms with Crippen LogP contribution in [0.25, 0.3) is 0 Å². The van der Waals surface area contributed by atoms with Crippen LogP contribution in [0.15, 0.2) is 0 Å². The molecule has 0 aromatic heterocycles. The number of carbonyl (C=O) groups is 3. The Kier molecular flexibility index (Phi) is 8.19. The SMILES string of the molecule is CCN(CC)C(=O)CN(C)C(=O)CSCC(=O)O. The summed E-state index contributed by atoms with van der Waals surface area (Å²) in [5.41, 5.74) is 0. The lowest BCUT2D eigenvalue weighted by atomic mass is 10.4. The Balaban J connectivity index is 4.07. The number of hydrogen-bond donors (Lipinski definition) is 1. The van der Waals surface area contributed by atoms with E-state index in [9.17, 15) is 14.4 Å². The zero-order valence-corrected chi connectivity index (χ0v) is 11.8. The third-order valence-electron chi connectivity index (χ3n) is 2.37. The molecule has 0 heterocycles. The summed E-state index contributed by atoms with van der Waals surface area (Å²) >= 11 is 1.03. The Morgan fingerprint density at radius 2 is 1.61 bits per heavy atom. The van der Waals surface area contributed by atoms with Crippen molar-refractivity contribution in [1.82, 2.24) is 9.80 Å². The third kappa shape index (κ3) is 6.48. The van der Waals surface area contributed by atoms with Gasteiger partial charge in [0.25, 0.3) is 0 Å². The van der Waals surface area contributed by atoms with Crippen LogP contribution < -0.4 is 0 Å². The van der Waals surface area contributed by atoms with Gasteiger partial charge in [0.2, 0.25) is 11.8 Å². The monoisotopic (exact) mass is 276 g/mol. The van der Waals surface area contributed by atoms with Gasteiger partial charge in [-0.25, -0.2) is 0 Å². The molecule has 0 aliphatic carbocycles. The zero-order valence-electron chi connectivity index (χ0n) is 11.0. The molecule has 1 N–H and O–H groups in total. The van der Waals surface area contributed by atoms with E-state index < -0.39 is 5.97 Å². The van der Waals surface area contributed by atoms with Crippen molar-refractivity contribution < 1.29 is 19.5 Å². The average Bonchev–Trinajstić information content (AvgIpc) is 2.29. The van der Waals surface area contributed by atoms with Crippen LogP contribution in [0.1, 0.15) is 13.8 Å². The first kappa shape index (κ1) is 16.8. The Hall–Kier alpha value is -1.24. The largest absolute Gasteiger partial charge is 0.481 e. The Morgan fingerprint density at radius 3 is 2.06 bits per heavy atom. The van der Waals surface area contributed by atoms with Gasteiger partial charge in [-0.15, -0.1) is 11.8 Å². The smallest absolute Gasteiger partial charge is 0.313 e. The molecule has 2 amide bonds. The van der Waals surface area contributed by atoms with Gasteiger partial charge < -0.3 is 14.9 Å². The molecule has 18 heavy (non-hydrogen) atoms. The van der Waals surface area contributed by atoms with Crippen LogP contribution in [0.5, 0.6) is 0 Å². The first-order chi connectivity index (χ1) is 8.42. The first-order valence-corrected chi connectivity index (χ1v) is 6.89. The van der Waals surface area contributed by atoms with E-state index in [-0.39, 0.29) is 29.9 Å². The minimum absolute atomic E-state index is 0.0359. The summed E-state index contributed by atoms with van der Waals surface area (Å²) in [5, 5.41) is 8.44. The average molecular weight is 276 g/mol. The minimum Gasteiger partial charge on any atom is -0.481 e. The van der Waals surface area contributed by atoms with Gasteiger partial charge >= 0.3 is 5.97 Å². The summed E-state index contributed by atoms with van der Waals surface area (Å²) in [4.78, 5) is 36.6. The van der Waals surface area contributed by atoms with Crippen LogP contribution in [-0.2, 0) is 14.4 Å². The molecule has 0 atom stereocenters. The molecule has 0 saturated heterocycles. The van der Waals surface area contributed by atoms with E-state index in [2.05, 4.69) is 0 Å². The fourth-order valence-electron chi connectivity index (χ4n) is 1.30. The van der Waals surface area contributed by atoms with Crippen molar-refractivity contribution in [2.45, 2.75) is 13.8 Å². The second-order valence-corrected chi connectivity index (χ2v) is 4.69. The van der Waals surface area contributed by atoms with Crippen molar-refractivity contribution in [1.29, 1.82) is 0 Å². The highest BCUT2D eigenvalue weighted by molar-refractivity contribution is 8.00. The van der Waals surface area contributed by atoms with Gasteiger partial charge in [0.05, 0.1) is 18.1 Å². The summed E-state index contributed by atoms with van der Waals surface area (Å²) in [6, 6.07) is 0. The van der Waals surface area contributed by atoms with Crippen LogP contribution in [0, 0.1) is 0 Å². The molecule has 0 radical (unpaired) electrons.